The molecule has 5 unspecified atom stereocenters. The first-order valence-corrected chi connectivity index (χ1v) is 8.69. The zero-order chi connectivity index (χ0) is 14.8. The van der Waals surface area contributed by atoms with Crippen LogP contribution in [0.2, 0.25) is 0 Å². The number of piperazine rings is 1. The minimum absolute atomic E-state index is 0.545. The lowest BCUT2D eigenvalue weighted by molar-refractivity contribution is 0.0274. The maximum absolute atomic E-state index is 3.68. The van der Waals surface area contributed by atoms with Crippen LogP contribution < -0.4 is 5.32 Å². The molecule has 0 radical (unpaired) electrons. The van der Waals surface area contributed by atoms with Gasteiger partial charge in [0.2, 0.25) is 0 Å². The van der Waals surface area contributed by atoms with Gasteiger partial charge in [-0.05, 0) is 43.6 Å². The molecule has 1 aliphatic carbocycles. The van der Waals surface area contributed by atoms with Crippen LogP contribution in [0.4, 0.5) is 0 Å². The van der Waals surface area contributed by atoms with Crippen LogP contribution in [0.3, 0.4) is 0 Å². The molecule has 0 amide bonds. The highest BCUT2D eigenvalue weighted by atomic mass is 15.3. The fourth-order valence-corrected chi connectivity index (χ4v) is 4.43. The third-order valence-electron chi connectivity index (χ3n) is 5.54. The van der Waals surface area contributed by atoms with Crippen molar-refractivity contribution in [2.24, 2.45) is 11.8 Å². The van der Waals surface area contributed by atoms with Crippen molar-refractivity contribution in [2.45, 2.75) is 58.2 Å². The molecule has 2 nitrogen and oxygen atoms in total. The maximum Gasteiger partial charge on any atom is 0.0476 e. The van der Waals surface area contributed by atoms with E-state index >= 15 is 0 Å². The molecular formula is C19H30N2. The van der Waals surface area contributed by atoms with E-state index in [0.29, 0.717) is 12.1 Å². The Kier molecular flexibility index (Phi) is 4.66. The maximum atomic E-state index is 3.68. The van der Waals surface area contributed by atoms with Gasteiger partial charge in [-0.25, -0.2) is 0 Å². The minimum atomic E-state index is 0.545. The van der Waals surface area contributed by atoms with Crippen LogP contribution in [0, 0.1) is 11.8 Å². The first-order valence-electron chi connectivity index (χ1n) is 8.69. The van der Waals surface area contributed by atoms with E-state index in [2.05, 4.69) is 61.3 Å². The van der Waals surface area contributed by atoms with Crippen molar-refractivity contribution in [2.75, 3.05) is 13.1 Å². The second-order valence-electron chi connectivity index (χ2n) is 7.40. The van der Waals surface area contributed by atoms with Gasteiger partial charge in [0, 0.05) is 31.2 Å². The number of hydrogen-bond donors (Lipinski definition) is 1. The van der Waals surface area contributed by atoms with Gasteiger partial charge in [-0.2, -0.15) is 0 Å². The molecule has 0 spiro atoms. The van der Waals surface area contributed by atoms with E-state index < -0.39 is 0 Å². The summed E-state index contributed by atoms with van der Waals surface area (Å²) in [5, 5.41) is 3.68. The minimum Gasteiger partial charge on any atom is -0.311 e. The fraction of sp³-hybridized carbons (Fsp3) is 0.684. The normalized spacial score (nSPS) is 38.3. The summed E-state index contributed by atoms with van der Waals surface area (Å²) in [6.07, 6.45) is 4.16. The third-order valence-corrected chi connectivity index (χ3v) is 5.54. The Bertz CT molecular complexity index is 444. The van der Waals surface area contributed by atoms with Crippen molar-refractivity contribution >= 4 is 0 Å². The zero-order valence-electron chi connectivity index (χ0n) is 13.8. The first kappa shape index (κ1) is 15.1. The van der Waals surface area contributed by atoms with Crippen LogP contribution in [0.15, 0.2) is 30.3 Å². The lowest BCUT2D eigenvalue weighted by Gasteiger charge is -2.48. The summed E-state index contributed by atoms with van der Waals surface area (Å²) < 4.78 is 0. The molecule has 0 aromatic heterocycles. The quantitative estimate of drug-likeness (QED) is 0.888. The van der Waals surface area contributed by atoms with Crippen molar-refractivity contribution in [3.8, 4) is 0 Å². The van der Waals surface area contributed by atoms with E-state index in [4.69, 9.17) is 0 Å². The van der Waals surface area contributed by atoms with E-state index in [-0.39, 0.29) is 0 Å². The van der Waals surface area contributed by atoms with Gasteiger partial charge in [0.25, 0.3) is 0 Å². The van der Waals surface area contributed by atoms with Gasteiger partial charge in [0.05, 0.1) is 0 Å². The number of benzene rings is 1. The van der Waals surface area contributed by atoms with Gasteiger partial charge >= 0.3 is 0 Å². The van der Waals surface area contributed by atoms with Crippen LogP contribution >= 0.6 is 0 Å². The predicted molar refractivity (Wildman–Crippen MR) is 89.3 cm³/mol. The Hall–Kier alpha value is -0.860. The topological polar surface area (TPSA) is 15.3 Å². The summed E-state index contributed by atoms with van der Waals surface area (Å²) in [7, 11) is 0. The van der Waals surface area contributed by atoms with Crippen molar-refractivity contribution in [3.05, 3.63) is 35.9 Å². The predicted octanol–water partition coefficient (Wildman–Crippen LogP) is 3.85. The molecule has 2 heteroatoms. The number of hydrogen-bond acceptors (Lipinski definition) is 2. The highest BCUT2D eigenvalue weighted by Crippen LogP contribution is 2.37. The van der Waals surface area contributed by atoms with E-state index in [1.807, 2.05) is 0 Å². The third kappa shape index (κ3) is 3.32. The average molecular weight is 286 g/mol. The Morgan fingerprint density at radius 1 is 1.05 bits per heavy atom. The molecule has 1 heterocycles. The molecule has 1 saturated carbocycles. The second-order valence-corrected chi connectivity index (χ2v) is 7.40. The van der Waals surface area contributed by atoms with Crippen LogP contribution in [0.25, 0.3) is 0 Å². The Balaban J connectivity index is 1.81. The SMILES string of the molecule is CC1CCC(N2CC(C)NCC2c2ccccc2)C(C)C1. The monoisotopic (exact) mass is 286 g/mol. The lowest BCUT2D eigenvalue weighted by atomic mass is 9.78. The molecule has 116 valence electrons. The highest BCUT2D eigenvalue weighted by molar-refractivity contribution is 5.20. The summed E-state index contributed by atoms with van der Waals surface area (Å²) in [5.74, 6) is 1.73. The van der Waals surface area contributed by atoms with Crippen molar-refractivity contribution in [3.63, 3.8) is 0 Å². The van der Waals surface area contributed by atoms with Crippen LogP contribution in [-0.4, -0.2) is 30.1 Å². The Morgan fingerprint density at radius 2 is 1.81 bits per heavy atom. The van der Waals surface area contributed by atoms with E-state index in [0.717, 1.165) is 24.4 Å². The van der Waals surface area contributed by atoms with Gasteiger partial charge in [0.1, 0.15) is 0 Å². The van der Waals surface area contributed by atoms with E-state index in [1.165, 1.54) is 31.4 Å². The standard InChI is InChI=1S/C19H30N2/c1-14-9-10-18(15(2)11-14)21-13-16(3)20-12-19(21)17-7-5-4-6-8-17/h4-8,14-16,18-20H,9-13H2,1-3H3. The molecular weight excluding hydrogens is 256 g/mol. The van der Waals surface area contributed by atoms with Gasteiger partial charge < -0.3 is 5.32 Å². The van der Waals surface area contributed by atoms with Crippen molar-refractivity contribution in [1.82, 2.24) is 10.2 Å². The van der Waals surface area contributed by atoms with E-state index in [1.54, 1.807) is 0 Å². The number of nitrogens with one attached hydrogen (secondary N) is 1. The molecule has 2 aliphatic rings. The summed E-state index contributed by atoms with van der Waals surface area (Å²) in [5.41, 5.74) is 1.47. The summed E-state index contributed by atoms with van der Waals surface area (Å²) >= 11 is 0. The Labute approximate surface area is 129 Å². The van der Waals surface area contributed by atoms with Crippen LogP contribution in [0.1, 0.15) is 51.6 Å². The van der Waals surface area contributed by atoms with Crippen molar-refractivity contribution < 1.29 is 0 Å². The van der Waals surface area contributed by atoms with Crippen LogP contribution in [-0.2, 0) is 0 Å². The molecule has 1 aromatic rings. The molecule has 1 saturated heterocycles. The highest BCUT2D eigenvalue weighted by Gasteiger charge is 2.36. The molecule has 21 heavy (non-hydrogen) atoms. The van der Waals surface area contributed by atoms with Crippen molar-refractivity contribution in [1.29, 1.82) is 0 Å². The summed E-state index contributed by atoms with van der Waals surface area (Å²) in [6.45, 7) is 9.48. The zero-order valence-corrected chi connectivity index (χ0v) is 13.8. The van der Waals surface area contributed by atoms with Gasteiger partial charge in [0.15, 0.2) is 0 Å². The van der Waals surface area contributed by atoms with E-state index in [9.17, 15) is 0 Å². The molecule has 2 fully saturated rings. The largest absolute Gasteiger partial charge is 0.311 e. The fourth-order valence-electron chi connectivity index (χ4n) is 4.43. The average Bonchev–Trinajstić information content (AvgIpc) is 2.48. The number of rotatable bonds is 2. The lowest BCUT2D eigenvalue weighted by Crippen LogP contribution is -2.56. The molecule has 3 rings (SSSR count). The number of nitrogens with zero attached hydrogens (tertiary/aromatic N) is 1. The molecule has 0 bridgehead atoms. The van der Waals surface area contributed by atoms with Gasteiger partial charge in [-0.1, -0.05) is 44.2 Å². The molecule has 1 aromatic carbocycles. The first-order chi connectivity index (χ1) is 10.1. The Morgan fingerprint density at radius 3 is 2.52 bits per heavy atom. The molecule has 5 atom stereocenters. The second kappa shape index (κ2) is 6.50. The van der Waals surface area contributed by atoms with Gasteiger partial charge in [-0.3, -0.25) is 4.90 Å². The van der Waals surface area contributed by atoms with Gasteiger partial charge in [-0.15, -0.1) is 0 Å². The summed E-state index contributed by atoms with van der Waals surface area (Å²) in [6, 6.07) is 13.0. The smallest absolute Gasteiger partial charge is 0.0476 e. The van der Waals surface area contributed by atoms with Crippen LogP contribution in [0.5, 0.6) is 0 Å². The molecule has 1 aliphatic heterocycles. The molecule has 1 N–H and O–H groups in total. The summed E-state index contributed by atoms with van der Waals surface area (Å²) in [4.78, 5) is 2.81.